The number of carbonyl (C=O) groups is 2. The molecule has 0 spiro atoms. The summed E-state index contributed by atoms with van der Waals surface area (Å²) in [5.74, 6) is 0.751. The van der Waals surface area contributed by atoms with Crippen molar-refractivity contribution in [2.24, 2.45) is 5.92 Å². The van der Waals surface area contributed by atoms with Crippen LogP contribution in [0.25, 0.3) is 0 Å². The van der Waals surface area contributed by atoms with Gasteiger partial charge in [0.25, 0.3) is 5.91 Å². The summed E-state index contributed by atoms with van der Waals surface area (Å²) in [6, 6.07) is 3.51. The number of hydrogen-bond acceptors (Lipinski definition) is 7. The minimum atomic E-state index is -0.0997. The molecule has 1 aliphatic carbocycles. The summed E-state index contributed by atoms with van der Waals surface area (Å²) in [5, 5.41) is 6.74. The summed E-state index contributed by atoms with van der Waals surface area (Å²) >= 11 is 8.80. The molecule has 2 aromatic heterocycles. The first-order valence-corrected chi connectivity index (χ1v) is 12.8. The summed E-state index contributed by atoms with van der Waals surface area (Å²) in [4.78, 5) is 36.0. The number of anilines is 1. The Hall–Kier alpha value is -1.52. The molecule has 2 fully saturated rings. The molecule has 10 heteroatoms. The molecule has 2 aliphatic heterocycles. The zero-order valence-corrected chi connectivity index (χ0v) is 19.6. The number of aromatic nitrogens is 1. The number of nitrogens with one attached hydrogen (secondary N) is 2. The van der Waals surface area contributed by atoms with Crippen LogP contribution in [-0.2, 0) is 17.8 Å². The standard InChI is InChI=1S/C21H26ClN5O2S2/c22-18-4-3-16(30-18)20(29)23-14-5-7-27(10-14)12-19(28)25-21-24-15-6-8-26(9-13-1-2-13)11-17(15)31-21/h3-4,13-14H,1-2,5-12H2,(H,23,29)(H,24,25,28). The van der Waals surface area contributed by atoms with Gasteiger partial charge in [0.2, 0.25) is 5.91 Å². The Morgan fingerprint density at radius 3 is 2.81 bits per heavy atom. The van der Waals surface area contributed by atoms with Gasteiger partial charge < -0.3 is 10.6 Å². The van der Waals surface area contributed by atoms with Crippen molar-refractivity contribution < 1.29 is 9.59 Å². The van der Waals surface area contributed by atoms with Crippen LogP contribution in [0.4, 0.5) is 5.13 Å². The van der Waals surface area contributed by atoms with Gasteiger partial charge >= 0.3 is 0 Å². The molecule has 2 amide bonds. The largest absolute Gasteiger partial charge is 0.347 e. The summed E-state index contributed by atoms with van der Waals surface area (Å²) in [7, 11) is 0. The quantitative estimate of drug-likeness (QED) is 0.638. The van der Waals surface area contributed by atoms with E-state index in [0.717, 1.165) is 44.1 Å². The van der Waals surface area contributed by atoms with Crippen LogP contribution in [0.15, 0.2) is 12.1 Å². The second-order valence-corrected chi connectivity index (χ2v) is 11.5. The van der Waals surface area contributed by atoms with E-state index in [9.17, 15) is 9.59 Å². The van der Waals surface area contributed by atoms with Crippen LogP contribution >= 0.6 is 34.3 Å². The Balaban J connectivity index is 1.08. The number of nitrogens with zero attached hydrogens (tertiary/aromatic N) is 3. The van der Waals surface area contributed by atoms with E-state index in [-0.39, 0.29) is 17.9 Å². The van der Waals surface area contributed by atoms with Crippen LogP contribution in [-0.4, -0.2) is 65.4 Å². The SMILES string of the molecule is O=C(CN1CCC(NC(=O)c2ccc(Cl)s2)C1)Nc1nc2c(s1)CN(CC1CC1)CC2. The Kier molecular flexibility index (Phi) is 6.30. The summed E-state index contributed by atoms with van der Waals surface area (Å²) < 4.78 is 0.606. The molecule has 31 heavy (non-hydrogen) atoms. The third-order valence-electron chi connectivity index (χ3n) is 6.04. The van der Waals surface area contributed by atoms with E-state index >= 15 is 0 Å². The topological polar surface area (TPSA) is 77.6 Å². The highest BCUT2D eigenvalue weighted by Gasteiger charge is 2.29. The van der Waals surface area contributed by atoms with Crippen LogP contribution in [0.5, 0.6) is 0 Å². The summed E-state index contributed by atoms with van der Waals surface area (Å²) in [6.07, 6.45) is 4.55. The van der Waals surface area contributed by atoms with Gasteiger partial charge in [0, 0.05) is 50.1 Å². The fourth-order valence-electron chi connectivity index (χ4n) is 4.27. The number of carbonyl (C=O) groups excluding carboxylic acids is 2. The lowest BCUT2D eigenvalue weighted by Crippen LogP contribution is -2.38. The van der Waals surface area contributed by atoms with Crippen molar-refractivity contribution in [1.82, 2.24) is 20.1 Å². The number of hydrogen-bond donors (Lipinski definition) is 2. The molecule has 0 aromatic carbocycles. The molecule has 3 aliphatic rings. The molecule has 1 saturated heterocycles. The molecule has 0 bridgehead atoms. The zero-order chi connectivity index (χ0) is 21.4. The summed E-state index contributed by atoms with van der Waals surface area (Å²) in [5.41, 5.74) is 1.14. The van der Waals surface area contributed by atoms with Crippen LogP contribution < -0.4 is 10.6 Å². The van der Waals surface area contributed by atoms with Gasteiger partial charge in [-0.3, -0.25) is 19.4 Å². The molecule has 1 saturated carbocycles. The number of rotatable bonds is 7. The Labute approximate surface area is 194 Å². The normalized spacial score (nSPS) is 21.8. The van der Waals surface area contributed by atoms with Gasteiger partial charge in [-0.1, -0.05) is 11.6 Å². The van der Waals surface area contributed by atoms with E-state index in [1.807, 2.05) is 0 Å². The van der Waals surface area contributed by atoms with Crippen LogP contribution in [0, 0.1) is 5.92 Å². The molecule has 1 atom stereocenters. The van der Waals surface area contributed by atoms with E-state index in [1.165, 1.54) is 35.6 Å². The Bertz CT molecular complexity index is 973. The van der Waals surface area contributed by atoms with E-state index in [1.54, 1.807) is 23.5 Å². The molecular formula is C21H26ClN5O2S2. The van der Waals surface area contributed by atoms with Gasteiger partial charge in [-0.15, -0.1) is 22.7 Å². The van der Waals surface area contributed by atoms with Crippen molar-refractivity contribution in [2.75, 3.05) is 38.0 Å². The van der Waals surface area contributed by atoms with Crippen molar-refractivity contribution in [3.8, 4) is 0 Å². The molecule has 2 aromatic rings. The van der Waals surface area contributed by atoms with Gasteiger partial charge in [0.1, 0.15) is 0 Å². The van der Waals surface area contributed by atoms with Gasteiger partial charge in [-0.25, -0.2) is 4.98 Å². The van der Waals surface area contributed by atoms with Gasteiger partial charge in [0.15, 0.2) is 5.13 Å². The van der Waals surface area contributed by atoms with E-state index < -0.39 is 0 Å². The highest BCUT2D eigenvalue weighted by molar-refractivity contribution is 7.18. The Morgan fingerprint density at radius 2 is 2.03 bits per heavy atom. The van der Waals surface area contributed by atoms with Crippen LogP contribution in [0.2, 0.25) is 4.34 Å². The van der Waals surface area contributed by atoms with E-state index in [0.29, 0.717) is 27.4 Å². The van der Waals surface area contributed by atoms with Crippen molar-refractivity contribution in [3.05, 3.63) is 31.9 Å². The predicted molar refractivity (Wildman–Crippen MR) is 124 cm³/mol. The third kappa shape index (κ3) is 5.46. The molecule has 0 radical (unpaired) electrons. The second-order valence-electron chi connectivity index (χ2n) is 8.66. The lowest BCUT2D eigenvalue weighted by atomic mass is 10.1. The number of thiophene rings is 1. The first kappa shape index (κ1) is 21.3. The molecule has 166 valence electrons. The van der Waals surface area contributed by atoms with Crippen molar-refractivity contribution in [2.45, 2.75) is 38.3 Å². The molecule has 7 nitrogen and oxygen atoms in total. The molecular weight excluding hydrogens is 454 g/mol. The van der Waals surface area contributed by atoms with Crippen molar-refractivity contribution in [1.29, 1.82) is 0 Å². The van der Waals surface area contributed by atoms with Crippen LogP contribution in [0.3, 0.4) is 0 Å². The lowest BCUT2D eigenvalue weighted by Gasteiger charge is -2.25. The van der Waals surface area contributed by atoms with Gasteiger partial charge in [-0.2, -0.15) is 0 Å². The average molecular weight is 480 g/mol. The lowest BCUT2D eigenvalue weighted by molar-refractivity contribution is -0.117. The van der Waals surface area contributed by atoms with Crippen LogP contribution in [0.1, 0.15) is 39.5 Å². The first-order chi connectivity index (χ1) is 15.0. The minimum Gasteiger partial charge on any atom is -0.347 e. The van der Waals surface area contributed by atoms with Gasteiger partial charge in [-0.05, 0) is 37.3 Å². The highest BCUT2D eigenvalue weighted by atomic mass is 35.5. The molecule has 4 heterocycles. The average Bonchev–Trinajstić information content (AvgIpc) is 3.09. The number of fused-ring (bicyclic) bond motifs is 1. The summed E-state index contributed by atoms with van der Waals surface area (Å²) in [6.45, 7) is 5.00. The second kappa shape index (κ2) is 9.15. The number of amides is 2. The number of halogens is 1. The maximum absolute atomic E-state index is 12.6. The third-order valence-corrected chi connectivity index (χ3v) is 8.27. The fraction of sp³-hybridized carbons (Fsp3) is 0.571. The number of thiazole rings is 1. The van der Waals surface area contributed by atoms with Crippen molar-refractivity contribution >= 4 is 51.2 Å². The fourth-order valence-corrected chi connectivity index (χ4v) is 6.29. The van der Waals surface area contributed by atoms with Crippen molar-refractivity contribution in [3.63, 3.8) is 0 Å². The molecule has 1 unspecified atom stereocenters. The van der Waals surface area contributed by atoms with E-state index in [4.69, 9.17) is 11.6 Å². The predicted octanol–water partition coefficient (Wildman–Crippen LogP) is 3.07. The molecule has 5 rings (SSSR count). The maximum Gasteiger partial charge on any atom is 0.261 e. The van der Waals surface area contributed by atoms with E-state index in [2.05, 4.69) is 25.4 Å². The highest BCUT2D eigenvalue weighted by Crippen LogP contribution is 2.33. The zero-order valence-electron chi connectivity index (χ0n) is 17.2. The smallest absolute Gasteiger partial charge is 0.261 e. The number of likely N-dealkylation sites (tertiary alicyclic amines) is 1. The maximum atomic E-state index is 12.6. The first-order valence-electron chi connectivity index (χ1n) is 10.8. The molecule has 2 N–H and O–H groups in total. The van der Waals surface area contributed by atoms with Gasteiger partial charge in [0.05, 0.1) is 21.5 Å². The monoisotopic (exact) mass is 479 g/mol. The Morgan fingerprint density at radius 1 is 1.16 bits per heavy atom. The minimum absolute atomic E-state index is 0.0436.